The third-order valence-corrected chi connectivity index (χ3v) is 4.70. The maximum atomic E-state index is 4.71. The Morgan fingerprint density at radius 3 is 2.79 bits per heavy atom. The Kier molecular flexibility index (Phi) is 3.96. The van der Waals surface area contributed by atoms with Gasteiger partial charge in [0.05, 0.1) is 5.69 Å². The van der Waals surface area contributed by atoms with Crippen LogP contribution in [0.5, 0.6) is 0 Å². The molecule has 0 saturated carbocycles. The van der Waals surface area contributed by atoms with E-state index >= 15 is 0 Å². The lowest BCUT2D eigenvalue weighted by Gasteiger charge is -2.16. The summed E-state index contributed by atoms with van der Waals surface area (Å²) in [5, 5.41) is 2.46. The average molecular weight is 312 g/mol. The van der Waals surface area contributed by atoms with Crippen LogP contribution in [0.3, 0.4) is 0 Å². The van der Waals surface area contributed by atoms with E-state index in [1.165, 1.54) is 27.5 Å². The van der Waals surface area contributed by atoms with E-state index in [2.05, 4.69) is 66.5 Å². The van der Waals surface area contributed by atoms with Gasteiger partial charge in [0, 0.05) is 30.4 Å². The second kappa shape index (κ2) is 6.40. The van der Waals surface area contributed by atoms with E-state index in [1.54, 1.807) is 0 Å². The summed E-state index contributed by atoms with van der Waals surface area (Å²) in [7, 11) is 0. The normalized spacial score (nSPS) is 17.0. The Hall–Kier alpha value is -2.74. The zero-order chi connectivity index (χ0) is 16.4. The molecule has 118 valence electrons. The van der Waals surface area contributed by atoms with Crippen molar-refractivity contribution in [3.05, 3.63) is 90.0 Å². The fourth-order valence-electron chi connectivity index (χ4n) is 3.32. The minimum Gasteiger partial charge on any atom is -0.264 e. The average Bonchev–Trinajstić information content (AvgIpc) is 2.63. The first-order valence-electron chi connectivity index (χ1n) is 8.45. The summed E-state index contributed by atoms with van der Waals surface area (Å²) < 4.78 is 0. The van der Waals surface area contributed by atoms with Gasteiger partial charge in [-0.25, -0.2) is 0 Å². The zero-order valence-corrected chi connectivity index (χ0v) is 13.8. The van der Waals surface area contributed by atoms with E-state index < -0.39 is 0 Å². The molecular formula is C22H20N2. The molecule has 2 aromatic heterocycles. The SMILES string of the molecule is CC1CC=CC=C1c1ccc(Cc2cncc3ccccc23)cn1. The number of aromatic nitrogens is 2. The number of benzene rings is 1. The molecule has 1 unspecified atom stereocenters. The number of pyridine rings is 2. The number of nitrogens with zero attached hydrogens (tertiary/aromatic N) is 2. The predicted octanol–water partition coefficient (Wildman–Crippen LogP) is 5.20. The maximum absolute atomic E-state index is 4.71. The Balaban J connectivity index is 1.61. The molecule has 24 heavy (non-hydrogen) atoms. The number of hydrogen-bond acceptors (Lipinski definition) is 2. The topological polar surface area (TPSA) is 25.8 Å². The lowest BCUT2D eigenvalue weighted by molar-refractivity contribution is 0.754. The summed E-state index contributed by atoms with van der Waals surface area (Å²) >= 11 is 0. The van der Waals surface area contributed by atoms with Crippen LogP contribution in [0.1, 0.15) is 30.2 Å². The number of allylic oxidation sites excluding steroid dienone is 4. The highest BCUT2D eigenvalue weighted by Gasteiger charge is 2.13. The van der Waals surface area contributed by atoms with Crippen molar-refractivity contribution in [3.8, 4) is 0 Å². The first kappa shape index (κ1) is 14.8. The highest BCUT2D eigenvalue weighted by atomic mass is 14.7. The highest BCUT2D eigenvalue weighted by Crippen LogP contribution is 2.28. The molecule has 4 rings (SSSR count). The van der Waals surface area contributed by atoms with Crippen molar-refractivity contribution in [1.29, 1.82) is 0 Å². The third-order valence-electron chi connectivity index (χ3n) is 4.70. The highest BCUT2D eigenvalue weighted by molar-refractivity contribution is 5.84. The van der Waals surface area contributed by atoms with E-state index in [0.29, 0.717) is 5.92 Å². The molecule has 0 fully saturated rings. The monoisotopic (exact) mass is 312 g/mol. The van der Waals surface area contributed by atoms with Crippen molar-refractivity contribution in [1.82, 2.24) is 9.97 Å². The molecule has 1 aliphatic rings. The molecule has 1 aromatic carbocycles. The molecule has 0 amide bonds. The molecule has 0 N–H and O–H groups in total. The Bertz CT molecular complexity index is 915. The molecule has 0 radical (unpaired) electrons. The van der Waals surface area contributed by atoms with Gasteiger partial charge in [-0.05, 0) is 40.5 Å². The first-order chi connectivity index (χ1) is 11.8. The van der Waals surface area contributed by atoms with Gasteiger partial charge in [0.1, 0.15) is 0 Å². The van der Waals surface area contributed by atoms with Gasteiger partial charge in [-0.1, -0.05) is 55.5 Å². The van der Waals surface area contributed by atoms with E-state index in [4.69, 9.17) is 4.98 Å². The molecule has 2 heterocycles. The largest absolute Gasteiger partial charge is 0.264 e. The summed E-state index contributed by atoms with van der Waals surface area (Å²) in [5.74, 6) is 0.538. The molecular weight excluding hydrogens is 292 g/mol. The lowest BCUT2D eigenvalue weighted by Crippen LogP contribution is -2.03. The standard InChI is InChI=1S/C22H20N2/c1-16-6-2-4-8-20(16)22-11-10-17(13-24-22)12-19-15-23-14-18-7-3-5-9-21(18)19/h2-5,7-11,13-16H,6,12H2,1H3. The Morgan fingerprint density at radius 1 is 1.04 bits per heavy atom. The van der Waals surface area contributed by atoms with Gasteiger partial charge in [0.15, 0.2) is 0 Å². The smallest absolute Gasteiger partial charge is 0.0664 e. The van der Waals surface area contributed by atoms with Crippen LogP contribution in [-0.2, 0) is 6.42 Å². The third kappa shape index (κ3) is 2.88. The van der Waals surface area contributed by atoms with Crippen LogP contribution in [-0.4, -0.2) is 9.97 Å². The molecule has 0 saturated heterocycles. The van der Waals surface area contributed by atoms with Crippen LogP contribution in [0, 0.1) is 5.92 Å². The van der Waals surface area contributed by atoms with E-state index in [0.717, 1.165) is 18.5 Å². The molecule has 3 aromatic rings. The minimum atomic E-state index is 0.538. The molecule has 1 aliphatic carbocycles. The minimum absolute atomic E-state index is 0.538. The summed E-state index contributed by atoms with van der Waals surface area (Å²) in [5.41, 5.74) is 4.88. The first-order valence-corrected chi connectivity index (χ1v) is 8.45. The number of rotatable bonds is 3. The van der Waals surface area contributed by atoms with Gasteiger partial charge < -0.3 is 0 Å². The van der Waals surface area contributed by atoms with E-state index in [-0.39, 0.29) is 0 Å². The quantitative estimate of drug-likeness (QED) is 0.664. The van der Waals surface area contributed by atoms with Crippen molar-refractivity contribution in [2.75, 3.05) is 0 Å². The van der Waals surface area contributed by atoms with E-state index in [1.807, 2.05) is 18.6 Å². The van der Waals surface area contributed by atoms with Crippen molar-refractivity contribution in [3.63, 3.8) is 0 Å². The Labute approximate surface area is 142 Å². The lowest BCUT2D eigenvalue weighted by atomic mass is 9.90. The summed E-state index contributed by atoms with van der Waals surface area (Å²) in [4.78, 5) is 9.08. The van der Waals surface area contributed by atoms with Crippen LogP contribution < -0.4 is 0 Å². The van der Waals surface area contributed by atoms with E-state index in [9.17, 15) is 0 Å². The van der Waals surface area contributed by atoms with Crippen LogP contribution in [0.2, 0.25) is 0 Å². The Morgan fingerprint density at radius 2 is 1.96 bits per heavy atom. The maximum Gasteiger partial charge on any atom is 0.0664 e. The molecule has 1 atom stereocenters. The van der Waals surface area contributed by atoms with Crippen molar-refractivity contribution in [2.24, 2.45) is 5.92 Å². The summed E-state index contributed by atoms with van der Waals surface area (Å²) in [6.07, 6.45) is 14.4. The number of fused-ring (bicyclic) bond motifs is 1. The van der Waals surface area contributed by atoms with Crippen molar-refractivity contribution >= 4 is 16.3 Å². The molecule has 0 bridgehead atoms. The van der Waals surface area contributed by atoms with Crippen molar-refractivity contribution < 1.29 is 0 Å². The fraction of sp³-hybridized carbons (Fsp3) is 0.182. The van der Waals surface area contributed by atoms with Gasteiger partial charge in [0.25, 0.3) is 0 Å². The second-order valence-corrected chi connectivity index (χ2v) is 6.44. The van der Waals surface area contributed by atoms with Crippen LogP contribution in [0.25, 0.3) is 16.3 Å². The number of hydrogen-bond donors (Lipinski definition) is 0. The van der Waals surface area contributed by atoms with Gasteiger partial charge in [-0.2, -0.15) is 0 Å². The molecule has 0 spiro atoms. The van der Waals surface area contributed by atoms with Gasteiger partial charge in [-0.3, -0.25) is 9.97 Å². The molecule has 2 nitrogen and oxygen atoms in total. The molecule has 2 heteroatoms. The van der Waals surface area contributed by atoms with Gasteiger partial charge in [-0.15, -0.1) is 0 Å². The van der Waals surface area contributed by atoms with Crippen LogP contribution >= 0.6 is 0 Å². The predicted molar refractivity (Wildman–Crippen MR) is 99.7 cm³/mol. The zero-order valence-electron chi connectivity index (χ0n) is 13.8. The molecule has 0 aliphatic heterocycles. The van der Waals surface area contributed by atoms with Crippen molar-refractivity contribution in [2.45, 2.75) is 19.8 Å². The summed E-state index contributed by atoms with van der Waals surface area (Å²) in [6.45, 7) is 2.26. The van der Waals surface area contributed by atoms with Crippen LogP contribution in [0.4, 0.5) is 0 Å². The van der Waals surface area contributed by atoms with Crippen LogP contribution in [0.15, 0.2) is 73.2 Å². The summed E-state index contributed by atoms with van der Waals surface area (Å²) in [6, 6.07) is 12.7. The second-order valence-electron chi connectivity index (χ2n) is 6.44. The van der Waals surface area contributed by atoms with Gasteiger partial charge in [0.2, 0.25) is 0 Å². The fourth-order valence-corrected chi connectivity index (χ4v) is 3.32. The van der Waals surface area contributed by atoms with Gasteiger partial charge >= 0.3 is 0 Å².